The number of rotatable bonds is 9. The lowest BCUT2D eigenvalue weighted by molar-refractivity contribution is -0.118. The third kappa shape index (κ3) is 6.23. The molecular weight excluding hydrogens is 585 g/mol. The van der Waals surface area contributed by atoms with Gasteiger partial charge in [0, 0.05) is 31.5 Å². The number of benzene rings is 3. The molecule has 0 atom stereocenters. The molecule has 1 aliphatic rings. The number of hydrogen-bond acceptors (Lipinski definition) is 5. The second kappa shape index (κ2) is 12.4. The summed E-state index contributed by atoms with van der Waals surface area (Å²) in [5.74, 6) is -14.7. The molecule has 1 aliphatic heterocycles. The lowest BCUT2D eigenvalue weighted by atomic mass is 10.1. The molecule has 1 saturated heterocycles. The molecule has 1 N–H and O–H groups in total. The van der Waals surface area contributed by atoms with Gasteiger partial charge in [0.25, 0.3) is 0 Å². The maximum absolute atomic E-state index is 14.3. The van der Waals surface area contributed by atoms with Gasteiger partial charge in [0.1, 0.15) is 0 Å². The van der Waals surface area contributed by atoms with E-state index in [0.717, 1.165) is 50.0 Å². The van der Waals surface area contributed by atoms with E-state index in [1.165, 1.54) is 24.3 Å². The first kappa shape index (κ1) is 30.9. The fourth-order valence-electron chi connectivity index (χ4n) is 4.58. The van der Waals surface area contributed by atoms with Crippen LogP contribution in [0.15, 0.2) is 53.4 Å². The van der Waals surface area contributed by atoms with E-state index < -0.39 is 62.4 Å². The van der Waals surface area contributed by atoms with Crippen LogP contribution in [0, 0.1) is 29.1 Å². The lowest BCUT2D eigenvalue weighted by Gasteiger charge is -2.29. The predicted molar refractivity (Wildman–Crippen MR) is 143 cm³/mol. The van der Waals surface area contributed by atoms with Gasteiger partial charge < -0.3 is 14.9 Å². The monoisotopic (exact) mass is 611 g/mol. The maximum Gasteiger partial charge on any atom is 0.335 e. The Morgan fingerprint density at radius 2 is 1.33 bits per heavy atom. The molecule has 224 valence electrons. The number of anilines is 2. The van der Waals surface area contributed by atoms with Crippen LogP contribution < -0.4 is 9.80 Å². The Morgan fingerprint density at radius 1 is 0.810 bits per heavy atom. The summed E-state index contributed by atoms with van der Waals surface area (Å²) in [6, 6.07) is 12.4. The molecule has 1 heterocycles. The molecule has 8 nitrogen and oxygen atoms in total. The van der Waals surface area contributed by atoms with Gasteiger partial charge in [0.15, 0.2) is 28.2 Å². The number of aromatic carboxylic acids is 1. The van der Waals surface area contributed by atoms with Crippen LogP contribution in [0.2, 0.25) is 0 Å². The summed E-state index contributed by atoms with van der Waals surface area (Å²) in [7, 11) is -4.62. The molecule has 0 radical (unpaired) electrons. The largest absolute Gasteiger partial charge is 0.478 e. The number of nitrogens with zero attached hydrogens (tertiary/aromatic N) is 3. The molecule has 0 aromatic heterocycles. The van der Waals surface area contributed by atoms with Gasteiger partial charge in [-0.25, -0.2) is 35.2 Å². The Labute approximate surface area is 238 Å². The number of piperidine rings is 1. The third-order valence-corrected chi connectivity index (χ3v) is 8.75. The molecule has 14 heteroatoms. The van der Waals surface area contributed by atoms with Gasteiger partial charge in [-0.1, -0.05) is 12.1 Å². The number of amides is 1. The molecule has 0 unspecified atom stereocenters. The number of sulfonamides is 1. The molecule has 0 spiro atoms. The van der Waals surface area contributed by atoms with Gasteiger partial charge in [-0.3, -0.25) is 4.79 Å². The summed E-state index contributed by atoms with van der Waals surface area (Å²) < 4.78 is 95.5. The van der Waals surface area contributed by atoms with Crippen molar-refractivity contribution in [3.63, 3.8) is 0 Å². The van der Waals surface area contributed by atoms with Crippen molar-refractivity contribution in [2.45, 2.75) is 30.7 Å². The number of likely N-dealkylation sites (N-methyl/N-ethyl adjacent to an activating group) is 1. The normalized spacial score (nSPS) is 13.8. The van der Waals surface area contributed by atoms with Crippen LogP contribution in [-0.4, -0.2) is 56.4 Å². The minimum absolute atomic E-state index is 0.0805. The molecule has 1 amide bonds. The van der Waals surface area contributed by atoms with E-state index in [9.17, 15) is 45.1 Å². The van der Waals surface area contributed by atoms with Crippen molar-refractivity contribution in [2.75, 3.05) is 36.5 Å². The van der Waals surface area contributed by atoms with E-state index in [4.69, 9.17) is 0 Å². The number of halogens is 5. The fourth-order valence-corrected chi connectivity index (χ4v) is 5.81. The summed E-state index contributed by atoms with van der Waals surface area (Å²) >= 11 is 0. The molecule has 42 heavy (non-hydrogen) atoms. The first-order chi connectivity index (χ1) is 19.8. The molecular formula is C28H26F5N3O5S. The van der Waals surface area contributed by atoms with E-state index in [1.54, 1.807) is 12.1 Å². The van der Waals surface area contributed by atoms with Gasteiger partial charge in [-0.05, 0) is 61.2 Å². The SMILES string of the molecule is CN(CC(=O)N(Cc1ccc(N2CCCCC2)cc1)c1ccc(C(=O)O)cc1)S(=O)(=O)c1c(F)c(F)c(F)c(F)c1F. The molecule has 4 rings (SSSR count). The topological polar surface area (TPSA) is 98.2 Å². The highest BCUT2D eigenvalue weighted by Gasteiger charge is 2.37. The van der Waals surface area contributed by atoms with Crippen LogP contribution in [0.1, 0.15) is 35.2 Å². The Morgan fingerprint density at radius 3 is 1.86 bits per heavy atom. The molecule has 0 bridgehead atoms. The van der Waals surface area contributed by atoms with Crippen LogP contribution in [-0.2, 0) is 21.4 Å². The molecule has 0 saturated carbocycles. The highest BCUT2D eigenvalue weighted by atomic mass is 32.2. The van der Waals surface area contributed by atoms with Crippen molar-refractivity contribution in [3.8, 4) is 0 Å². The lowest BCUT2D eigenvalue weighted by Crippen LogP contribution is -2.41. The number of carbonyl (C=O) groups is 2. The molecule has 3 aromatic rings. The van der Waals surface area contributed by atoms with Gasteiger partial charge >= 0.3 is 5.97 Å². The van der Waals surface area contributed by atoms with Gasteiger partial charge in [-0.15, -0.1) is 0 Å². The van der Waals surface area contributed by atoms with Gasteiger partial charge in [-0.2, -0.15) is 4.31 Å². The van der Waals surface area contributed by atoms with Crippen LogP contribution in [0.3, 0.4) is 0 Å². The Kier molecular flexibility index (Phi) is 9.16. The van der Waals surface area contributed by atoms with E-state index in [2.05, 4.69) is 4.90 Å². The molecule has 3 aromatic carbocycles. The highest BCUT2D eigenvalue weighted by molar-refractivity contribution is 7.89. The average Bonchev–Trinajstić information content (AvgIpc) is 2.98. The summed E-state index contributed by atoms with van der Waals surface area (Å²) in [6.07, 6.45) is 3.29. The zero-order valence-corrected chi connectivity index (χ0v) is 23.1. The van der Waals surface area contributed by atoms with E-state index in [0.29, 0.717) is 5.56 Å². The van der Waals surface area contributed by atoms with Crippen molar-refractivity contribution in [1.82, 2.24) is 4.31 Å². The third-order valence-electron chi connectivity index (χ3n) is 6.92. The summed E-state index contributed by atoms with van der Waals surface area (Å²) in [4.78, 5) is 26.0. The Hall–Kier alpha value is -4.04. The zero-order valence-electron chi connectivity index (χ0n) is 22.3. The van der Waals surface area contributed by atoms with Crippen LogP contribution in [0.4, 0.5) is 33.3 Å². The van der Waals surface area contributed by atoms with Crippen molar-refractivity contribution in [3.05, 3.63) is 88.7 Å². The zero-order chi connectivity index (χ0) is 30.8. The van der Waals surface area contributed by atoms with E-state index in [1.807, 2.05) is 12.1 Å². The average molecular weight is 612 g/mol. The van der Waals surface area contributed by atoms with Gasteiger partial charge in [0.05, 0.1) is 18.7 Å². The summed E-state index contributed by atoms with van der Waals surface area (Å²) in [6.45, 7) is 0.657. The first-order valence-electron chi connectivity index (χ1n) is 12.8. The summed E-state index contributed by atoms with van der Waals surface area (Å²) in [5, 5.41) is 9.21. The van der Waals surface area contributed by atoms with Crippen molar-refractivity contribution in [2.24, 2.45) is 0 Å². The van der Waals surface area contributed by atoms with Crippen LogP contribution >= 0.6 is 0 Å². The predicted octanol–water partition coefficient (Wildman–Crippen LogP) is 4.92. The highest BCUT2D eigenvalue weighted by Crippen LogP contribution is 2.29. The Balaban J connectivity index is 1.63. The van der Waals surface area contributed by atoms with Crippen molar-refractivity contribution >= 4 is 33.3 Å². The quantitative estimate of drug-likeness (QED) is 0.210. The number of carbonyl (C=O) groups excluding carboxylic acids is 1. The smallest absolute Gasteiger partial charge is 0.335 e. The number of hydrogen-bond donors (Lipinski definition) is 1. The van der Waals surface area contributed by atoms with Crippen molar-refractivity contribution < 1.29 is 45.1 Å². The van der Waals surface area contributed by atoms with Crippen molar-refractivity contribution in [1.29, 1.82) is 0 Å². The second-order valence-electron chi connectivity index (χ2n) is 9.71. The van der Waals surface area contributed by atoms with Gasteiger partial charge in [0.2, 0.25) is 21.7 Å². The number of carboxylic acids is 1. The fraction of sp³-hybridized carbons (Fsp3) is 0.286. The minimum atomic E-state index is -5.38. The van der Waals surface area contributed by atoms with E-state index >= 15 is 0 Å². The number of carboxylic acid groups (broad SMARTS) is 1. The van der Waals surface area contributed by atoms with Crippen LogP contribution in [0.25, 0.3) is 0 Å². The standard InChI is InChI=1S/C28H26F5N3O5S/c1-34(42(40,41)27-25(32)23(30)22(29)24(31)26(27)33)16-21(37)36(20-11-7-18(8-12-20)28(38)39)15-17-5-9-19(10-6-17)35-13-3-2-4-14-35/h5-12H,2-4,13-16H2,1H3,(H,38,39). The Bertz CT molecular complexity index is 1570. The summed E-state index contributed by atoms with van der Waals surface area (Å²) in [5.41, 5.74) is 1.70. The second-order valence-corrected chi connectivity index (χ2v) is 11.7. The van der Waals surface area contributed by atoms with E-state index in [-0.39, 0.29) is 22.1 Å². The molecule has 0 aliphatic carbocycles. The molecule has 1 fully saturated rings. The minimum Gasteiger partial charge on any atom is -0.478 e. The first-order valence-corrected chi connectivity index (χ1v) is 14.2. The maximum atomic E-state index is 14.3. The van der Waals surface area contributed by atoms with Crippen LogP contribution in [0.5, 0.6) is 0 Å².